The number of amides is 2. The van der Waals surface area contributed by atoms with Gasteiger partial charge in [0.15, 0.2) is 10.2 Å². The zero-order valence-corrected chi connectivity index (χ0v) is 22.5. The van der Waals surface area contributed by atoms with Gasteiger partial charge in [-0.05, 0) is 41.8 Å². The molecule has 5 aliphatic heterocycles. The first-order chi connectivity index (χ1) is 18.6. The number of carbonyl (C=O) groups is 2. The molecule has 3 aromatic carbocycles. The van der Waals surface area contributed by atoms with E-state index in [4.69, 9.17) is 0 Å². The molecular weight excluding hydrogens is 512 g/mol. The van der Waals surface area contributed by atoms with Crippen molar-refractivity contribution in [1.82, 2.24) is 14.8 Å². The molecule has 0 radical (unpaired) electrons. The number of nitrogens with zero attached hydrogens (tertiary/aromatic N) is 3. The van der Waals surface area contributed by atoms with Crippen LogP contribution in [0.1, 0.15) is 17.5 Å². The monoisotopic (exact) mass is 538 g/mol. The molecule has 1 spiro atoms. The Hall–Kier alpha value is -3.36. The average Bonchev–Trinajstić information content (AvgIpc) is 3.50. The molecule has 8 heteroatoms. The van der Waals surface area contributed by atoms with Crippen LogP contribution in [-0.2, 0) is 21.4 Å². The van der Waals surface area contributed by atoms with Gasteiger partial charge in [-0.25, -0.2) is 0 Å². The molecule has 5 aliphatic rings. The smallest absolute Gasteiger partial charge is 0.260 e. The topological polar surface area (TPSA) is 59.7 Å². The zero-order chi connectivity index (χ0) is 25.6. The third-order valence-corrected chi connectivity index (χ3v) is 11.7. The van der Waals surface area contributed by atoms with Crippen LogP contribution in [0.5, 0.6) is 0 Å². The highest BCUT2D eigenvalue weighted by Crippen LogP contribution is 2.65. The number of likely N-dealkylation sites (N-methyl/N-ethyl adjacent to an activating group) is 1. The Morgan fingerprint density at radius 1 is 0.974 bits per heavy atom. The summed E-state index contributed by atoms with van der Waals surface area (Å²) >= 11 is 3.22. The number of thioether (sulfide) groups is 2. The van der Waals surface area contributed by atoms with Crippen LogP contribution >= 0.6 is 23.5 Å². The van der Waals surface area contributed by atoms with Gasteiger partial charge >= 0.3 is 0 Å². The van der Waals surface area contributed by atoms with E-state index in [0.29, 0.717) is 11.5 Å². The molecule has 6 nitrogen and oxygen atoms in total. The molecule has 4 aromatic rings. The van der Waals surface area contributed by atoms with Crippen LogP contribution < -0.4 is 4.90 Å². The zero-order valence-electron chi connectivity index (χ0n) is 20.8. The van der Waals surface area contributed by atoms with Crippen LogP contribution in [0.25, 0.3) is 10.9 Å². The summed E-state index contributed by atoms with van der Waals surface area (Å²) in [5.41, 5.74) is 5.21. The Kier molecular flexibility index (Phi) is 4.66. The van der Waals surface area contributed by atoms with Crippen molar-refractivity contribution in [2.75, 3.05) is 17.0 Å². The van der Waals surface area contributed by atoms with Crippen LogP contribution in [0, 0.1) is 0 Å². The maximum atomic E-state index is 14.3. The lowest BCUT2D eigenvalue weighted by Crippen LogP contribution is -2.68. The lowest BCUT2D eigenvalue weighted by molar-refractivity contribution is -0.157. The average molecular weight is 539 g/mol. The second-order valence-corrected chi connectivity index (χ2v) is 13.3. The largest absolute Gasteiger partial charge is 0.361 e. The second-order valence-electron chi connectivity index (χ2n) is 10.7. The molecule has 1 N–H and O–H groups in total. The predicted molar refractivity (Wildman–Crippen MR) is 153 cm³/mol. The summed E-state index contributed by atoms with van der Waals surface area (Å²) in [6.07, 6.45) is 3.11. The third-order valence-electron chi connectivity index (χ3n) is 8.82. The van der Waals surface area contributed by atoms with E-state index in [-0.39, 0.29) is 18.0 Å². The van der Waals surface area contributed by atoms with Gasteiger partial charge in [-0.1, -0.05) is 54.6 Å². The fourth-order valence-corrected chi connectivity index (χ4v) is 10.4. The predicted octanol–water partition coefficient (Wildman–Crippen LogP) is 5.29. The molecule has 1 aromatic heterocycles. The molecule has 9 rings (SSSR count). The van der Waals surface area contributed by atoms with Crippen LogP contribution in [0.3, 0.4) is 0 Å². The van der Waals surface area contributed by atoms with Crippen LogP contribution in [-0.4, -0.2) is 55.1 Å². The first kappa shape index (κ1) is 22.6. The molecule has 0 aliphatic carbocycles. The normalized spacial score (nSPS) is 29.6. The molecule has 4 fully saturated rings. The van der Waals surface area contributed by atoms with Crippen LogP contribution in [0.15, 0.2) is 85.1 Å². The van der Waals surface area contributed by atoms with Crippen molar-refractivity contribution in [2.45, 2.75) is 34.7 Å². The molecular formula is C30H26N4O2S2. The number of aromatic amines is 1. The summed E-state index contributed by atoms with van der Waals surface area (Å²) in [5.74, 6) is 0.0944. The minimum atomic E-state index is -0.927. The standard InChI is InChI=1S/C30H26N4O2S2/c1-32-26-25(35)34-27-29(17-30(34,28(32)36)38-18-37-26,15-19-16-31-23-13-7-5-11-21(19)23)22-12-6-8-14-24(22)33(27)20-9-3-2-4-10-20/h2-14,16,26-27,31H,15,17-18H2,1H3/t26-,27-,29?,30?/m1/s1. The molecule has 2 amide bonds. The maximum Gasteiger partial charge on any atom is 0.260 e. The first-order valence-electron chi connectivity index (χ1n) is 12.9. The molecule has 2 bridgehead atoms. The van der Waals surface area contributed by atoms with Gasteiger partial charge in [-0.3, -0.25) is 14.5 Å². The van der Waals surface area contributed by atoms with E-state index < -0.39 is 15.7 Å². The number of rotatable bonds is 3. The number of hydrogen-bond acceptors (Lipinski definition) is 5. The van der Waals surface area contributed by atoms with E-state index >= 15 is 0 Å². The molecule has 6 heterocycles. The van der Waals surface area contributed by atoms with Crippen molar-refractivity contribution in [3.05, 3.63) is 96.2 Å². The minimum absolute atomic E-state index is 0.0432. The number of nitrogens with one attached hydrogen (secondary N) is 1. The Morgan fingerprint density at radius 2 is 1.74 bits per heavy atom. The summed E-state index contributed by atoms with van der Waals surface area (Å²) < 4.78 is 0. The molecule has 38 heavy (non-hydrogen) atoms. The number of hydrogen-bond donors (Lipinski definition) is 1. The summed E-state index contributed by atoms with van der Waals surface area (Å²) in [4.78, 5) is 37.1. The summed E-state index contributed by atoms with van der Waals surface area (Å²) in [6.45, 7) is 0. The summed E-state index contributed by atoms with van der Waals surface area (Å²) in [5, 5.41) is 1.42. The quantitative estimate of drug-likeness (QED) is 0.384. The van der Waals surface area contributed by atoms with Crippen molar-refractivity contribution in [2.24, 2.45) is 0 Å². The van der Waals surface area contributed by atoms with Crippen molar-refractivity contribution in [1.29, 1.82) is 0 Å². The fourth-order valence-electron chi connectivity index (χ4n) is 7.32. The Bertz CT molecular complexity index is 1620. The van der Waals surface area contributed by atoms with E-state index in [1.54, 1.807) is 35.5 Å². The van der Waals surface area contributed by atoms with Crippen molar-refractivity contribution in [3.63, 3.8) is 0 Å². The van der Waals surface area contributed by atoms with Crippen LogP contribution in [0.2, 0.25) is 0 Å². The Labute approximate surface area is 229 Å². The number of para-hydroxylation sites is 3. The van der Waals surface area contributed by atoms with Gasteiger partial charge in [0.1, 0.15) is 6.17 Å². The fraction of sp³-hybridized carbons (Fsp3) is 0.267. The SMILES string of the molecule is CN1C(=O)C23CC4(Cc5c[nH]c6ccccc56)c5ccccc5N(c5ccccc5)[C@@H]4N2C(=O)[C@H]1SCS3. The van der Waals surface area contributed by atoms with Gasteiger partial charge in [0.2, 0.25) is 0 Å². The number of aromatic nitrogens is 1. The second kappa shape index (κ2) is 7.83. The number of benzene rings is 3. The van der Waals surface area contributed by atoms with Gasteiger partial charge in [-0.2, -0.15) is 0 Å². The van der Waals surface area contributed by atoms with E-state index in [1.807, 2.05) is 29.2 Å². The maximum absolute atomic E-state index is 14.3. The van der Waals surface area contributed by atoms with Gasteiger partial charge in [0.25, 0.3) is 11.8 Å². The van der Waals surface area contributed by atoms with Crippen LogP contribution in [0.4, 0.5) is 11.4 Å². The number of fused-ring (bicyclic) bond motifs is 7. The molecule has 0 saturated carbocycles. The first-order valence-corrected chi connectivity index (χ1v) is 14.9. The highest BCUT2D eigenvalue weighted by atomic mass is 32.2. The van der Waals surface area contributed by atoms with Crippen molar-refractivity contribution < 1.29 is 9.59 Å². The number of piperazine rings is 1. The number of H-pyrrole nitrogens is 1. The lowest BCUT2D eigenvalue weighted by Gasteiger charge is -2.47. The highest BCUT2D eigenvalue weighted by Gasteiger charge is 2.74. The summed E-state index contributed by atoms with van der Waals surface area (Å²) in [6, 6.07) is 27.3. The molecule has 4 atom stereocenters. The Morgan fingerprint density at radius 3 is 2.61 bits per heavy atom. The number of carbonyl (C=O) groups excluding carboxylic acids is 2. The lowest BCUT2D eigenvalue weighted by atomic mass is 9.73. The van der Waals surface area contributed by atoms with E-state index in [2.05, 4.69) is 70.7 Å². The molecule has 4 saturated heterocycles. The van der Waals surface area contributed by atoms with Gasteiger partial charge in [0, 0.05) is 52.4 Å². The minimum Gasteiger partial charge on any atom is -0.361 e. The molecule has 190 valence electrons. The van der Waals surface area contributed by atoms with Gasteiger partial charge < -0.3 is 14.8 Å². The number of anilines is 2. The van der Waals surface area contributed by atoms with E-state index in [0.717, 1.165) is 23.3 Å². The highest BCUT2D eigenvalue weighted by molar-refractivity contribution is 8.17. The van der Waals surface area contributed by atoms with Gasteiger partial charge in [0.05, 0.1) is 0 Å². The van der Waals surface area contributed by atoms with E-state index in [1.165, 1.54) is 16.5 Å². The van der Waals surface area contributed by atoms with Crippen molar-refractivity contribution >= 4 is 57.6 Å². The van der Waals surface area contributed by atoms with Crippen molar-refractivity contribution in [3.8, 4) is 0 Å². The third kappa shape index (κ3) is 2.72. The molecule has 2 unspecified atom stereocenters. The van der Waals surface area contributed by atoms with E-state index in [9.17, 15) is 9.59 Å². The Balaban J connectivity index is 1.41. The van der Waals surface area contributed by atoms with Gasteiger partial charge in [-0.15, -0.1) is 23.5 Å². The summed E-state index contributed by atoms with van der Waals surface area (Å²) in [7, 11) is 1.80.